The van der Waals surface area contributed by atoms with Crippen molar-refractivity contribution in [3.05, 3.63) is 206 Å². The van der Waals surface area contributed by atoms with E-state index in [1.54, 1.807) is 11.3 Å². The van der Waals surface area contributed by atoms with Crippen LogP contribution in [0.1, 0.15) is 6.85 Å². The van der Waals surface area contributed by atoms with E-state index in [9.17, 15) is 0 Å². The maximum absolute atomic E-state index is 8.46. The minimum Gasteiger partial charge on any atom is -0.309 e. The Morgan fingerprint density at radius 3 is 1.87 bits per heavy atom. The quantitative estimate of drug-likeness (QED) is 0.161. The fraction of sp³-hybridized carbons (Fsp3) is 0. The molecule has 10 rings (SSSR count). The Balaban J connectivity index is 0.998. The molecule has 3 heteroatoms. The maximum Gasteiger partial charge on any atom is 0.101 e. The van der Waals surface area contributed by atoms with Gasteiger partial charge in [-0.1, -0.05) is 139 Å². The maximum atomic E-state index is 8.46. The molecule has 2 heterocycles. The number of rotatable bonds is 7. The van der Waals surface area contributed by atoms with Crippen LogP contribution in [-0.4, -0.2) is 4.57 Å². The van der Waals surface area contributed by atoms with Crippen molar-refractivity contribution >= 4 is 60.3 Å². The van der Waals surface area contributed by atoms with Gasteiger partial charge in [0.1, 0.15) is 5.00 Å². The van der Waals surface area contributed by atoms with Crippen LogP contribution >= 0.6 is 11.3 Å². The van der Waals surface area contributed by atoms with Crippen molar-refractivity contribution in [3.63, 3.8) is 0 Å². The highest BCUT2D eigenvalue weighted by Gasteiger charge is 2.18. The van der Waals surface area contributed by atoms with Gasteiger partial charge in [0.25, 0.3) is 0 Å². The minimum atomic E-state index is -0.396. The van der Waals surface area contributed by atoms with Crippen LogP contribution in [0.2, 0.25) is 0 Å². The third-order valence-corrected chi connectivity index (χ3v) is 11.0. The summed E-state index contributed by atoms with van der Waals surface area (Å²) in [6.45, 7) is 0. The first-order valence-electron chi connectivity index (χ1n) is 20.1. The zero-order valence-corrected chi connectivity index (χ0v) is 29.4. The SMILES string of the molecule is [2H]c1c([2H])c([2H])c(-c2ccc(N(c3ccccc3)c3ccc(-c4ccc(-c5ccc6c(c5)c5c7ccccc7ccc5n6-c5ccccc5)cc4)s3)cc2)c([2H])c1[2H]. The molecule has 0 fully saturated rings. The van der Waals surface area contributed by atoms with Crippen molar-refractivity contribution < 1.29 is 6.85 Å². The van der Waals surface area contributed by atoms with Crippen molar-refractivity contribution in [2.24, 2.45) is 0 Å². The van der Waals surface area contributed by atoms with Crippen molar-refractivity contribution in [2.45, 2.75) is 0 Å². The van der Waals surface area contributed by atoms with Crippen LogP contribution in [0, 0.1) is 0 Å². The van der Waals surface area contributed by atoms with Gasteiger partial charge in [0, 0.05) is 32.7 Å². The molecule has 53 heavy (non-hydrogen) atoms. The molecule has 0 saturated heterocycles. The Morgan fingerprint density at radius 1 is 0.453 bits per heavy atom. The molecule has 250 valence electrons. The van der Waals surface area contributed by atoms with Crippen molar-refractivity contribution in [2.75, 3.05) is 4.90 Å². The summed E-state index contributed by atoms with van der Waals surface area (Å²) in [6.07, 6.45) is 0. The van der Waals surface area contributed by atoms with Gasteiger partial charge in [-0.05, 0) is 105 Å². The molecule has 0 aliphatic carbocycles. The highest BCUT2D eigenvalue weighted by atomic mass is 32.1. The number of nitrogens with zero attached hydrogens (tertiary/aromatic N) is 2. The highest BCUT2D eigenvalue weighted by Crippen LogP contribution is 2.43. The summed E-state index contributed by atoms with van der Waals surface area (Å²) in [5.41, 5.74) is 9.57. The first-order valence-corrected chi connectivity index (χ1v) is 18.4. The third-order valence-electron chi connectivity index (χ3n) is 9.91. The summed E-state index contributed by atoms with van der Waals surface area (Å²) in [5, 5.41) is 5.97. The van der Waals surface area contributed by atoms with E-state index in [-0.39, 0.29) is 29.7 Å². The summed E-state index contributed by atoms with van der Waals surface area (Å²) < 4.78 is 43.6. The number of hydrogen-bond acceptors (Lipinski definition) is 2. The molecule has 0 atom stereocenters. The molecule has 0 spiro atoms. The zero-order chi connectivity index (χ0) is 39.5. The summed E-state index contributed by atoms with van der Waals surface area (Å²) in [7, 11) is 0. The Morgan fingerprint density at radius 2 is 1.08 bits per heavy atom. The minimum absolute atomic E-state index is 0.193. The van der Waals surface area contributed by atoms with Gasteiger partial charge >= 0.3 is 0 Å². The van der Waals surface area contributed by atoms with Gasteiger partial charge in [0.2, 0.25) is 0 Å². The number of benzene rings is 8. The molecule has 0 bridgehead atoms. The van der Waals surface area contributed by atoms with Gasteiger partial charge in [-0.25, -0.2) is 0 Å². The predicted molar refractivity (Wildman–Crippen MR) is 227 cm³/mol. The smallest absolute Gasteiger partial charge is 0.101 e. The summed E-state index contributed by atoms with van der Waals surface area (Å²) >= 11 is 1.69. The van der Waals surface area contributed by atoms with E-state index in [0.29, 0.717) is 5.56 Å². The second-order valence-corrected chi connectivity index (χ2v) is 14.1. The summed E-state index contributed by atoms with van der Waals surface area (Å²) in [4.78, 5) is 3.31. The number of aromatic nitrogens is 1. The molecule has 10 aromatic rings. The van der Waals surface area contributed by atoms with E-state index in [0.717, 1.165) is 43.6 Å². The van der Waals surface area contributed by atoms with Crippen LogP contribution in [0.5, 0.6) is 0 Å². The van der Waals surface area contributed by atoms with E-state index in [2.05, 4.69) is 143 Å². The first-order chi connectivity index (χ1) is 28.4. The van der Waals surface area contributed by atoms with E-state index in [1.807, 2.05) is 42.5 Å². The average Bonchev–Trinajstić information content (AvgIpc) is 3.90. The molecule has 0 aliphatic heterocycles. The molecular weight excluding hydrogens is 661 g/mol. The molecule has 2 aromatic heterocycles. The normalized spacial score (nSPS) is 12.7. The zero-order valence-electron chi connectivity index (χ0n) is 33.5. The Labute approximate surface area is 320 Å². The van der Waals surface area contributed by atoms with Crippen molar-refractivity contribution in [3.8, 4) is 38.4 Å². The third kappa shape index (κ3) is 5.59. The summed E-state index contributed by atoms with van der Waals surface area (Å²) in [6, 6.07) is 59.7. The molecule has 0 N–H and O–H groups in total. The van der Waals surface area contributed by atoms with E-state index in [4.69, 9.17) is 6.85 Å². The molecule has 0 radical (unpaired) electrons. The van der Waals surface area contributed by atoms with Crippen LogP contribution in [-0.2, 0) is 0 Å². The number of fused-ring (bicyclic) bond motifs is 5. The van der Waals surface area contributed by atoms with Gasteiger partial charge < -0.3 is 9.47 Å². The Bertz CT molecular complexity index is 3130. The van der Waals surface area contributed by atoms with Gasteiger partial charge in [0.15, 0.2) is 0 Å². The molecule has 0 unspecified atom stereocenters. The predicted octanol–water partition coefficient (Wildman–Crippen LogP) is 14.5. The Hall–Kier alpha value is -6.68. The highest BCUT2D eigenvalue weighted by molar-refractivity contribution is 7.19. The standard InChI is InChI=1S/C50H34N2S/c1-4-12-35(13-5-1)36-24-28-43(29-25-36)51(41-15-6-2-7-16-41)49-33-32-48(53-49)39-22-20-37(21-23-39)40-27-30-46-45(34-40)50-44-19-11-10-14-38(44)26-31-47(50)52(46)42-17-8-3-9-18-42/h1-34H/i1D,4D,5D,12D,13D. The molecule has 0 amide bonds. The van der Waals surface area contributed by atoms with Crippen LogP contribution in [0.3, 0.4) is 0 Å². The number of hydrogen-bond donors (Lipinski definition) is 0. The monoisotopic (exact) mass is 699 g/mol. The van der Waals surface area contributed by atoms with E-state index >= 15 is 0 Å². The lowest BCUT2D eigenvalue weighted by Gasteiger charge is -2.23. The van der Waals surface area contributed by atoms with Crippen LogP contribution < -0.4 is 4.90 Å². The lowest BCUT2D eigenvalue weighted by Crippen LogP contribution is -2.07. The van der Waals surface area contributed by atoms with E-state index < -0.39 is 6.04 Å². The lowest BCUT2D eigenvalue weighted by atomic mass is 9.99. The molecule has 8 aromatic carbocycles. The van der Waals surface area contributed by atoms with Crippen LogP contribution in [0.25, 0.3) is 71.0 Å². The Kier molecular flexibility index (Phi) is 6.48. The molecule has 0 saturated carbocycles. The van der Waals surface area contributed by atoms with Crippen molar-refractivity contribution in [1.29, 1.82) is 0 Å². The molecule has 0 aliphatic rings. The number of anilines is 3. The largest absolute Gasteiger partial charge is 0.309 e. The lowest BCUT2D eigenvalue weighted by molar-refractivity contribution is 1.18. The fourth-order valence-corrected chi connectivity index (χ4v) is 8.46. The van der Waals surface area contributed by atoms with Gasteiger partial charge in [0.05, 0.1) is 17.9 Å². The average molecular weight is 700 g/mol. The topological polar surface area (TPSA) is 8.17 Å². The second kappa shape index (κ2) is 13.1. The summed E-state index contributed by atoms with van der Waals surface area (Å²) in [5.74, 6) is 0. The molecular formula is C50H34N2S. The van der Waals surface area contributed by atoms with Gasteiger partial charge in [-0.15, -0.1) is 11.3 Å². The van der Waals surface area contributed by atoms with Gasteiger partial charge in [-0.3, -0.25) is 0 Å². The van der Waals surface area contributed by atoms with E-state index in [1.165, 1.54) is 32.6 Å². The number of para-hydroxylation sites is 2. The number of thiophene rings is 1. The first kappa shape index (κ1) is 26.1. The van der Waals surface area contributed by atoms with Gasteiger partial charge in [-0.2, -0.15) is 0 Å². The van der Waals surface area contributed by atoms with Crippen molar-refractivity contribution in [1.82, 2.24) is 4.57 Å². The molecule has 2 nitrogen and oxygen atoms in total. The second-order valence-electron chi connectivity index (χ2n) is 13.0. The van der Waals surface area contributed by atoms with Crippen LogP contribution in [0.4, 0.5) is 16.4 Å². The fourth-order valence-electron chi connectivity index (χ4n) is 7.41. The van der Waals surface area contributed by atoms with Crippen LogP contribution in [0.15, 0.2) is 206 Å².